The molecular weight excluding hydrogens is 351 g/mol. The number of hydrogen-bond acceptors (Lipinski definition) is 5. The summed E-state index contributed by atoms with van der Waals surface area (Å²) in [6.07, 6.45) is 0. The second kappa shape index (κ2) is 7.96. The van der Waals surface area contributed by atoms with Crippen LogP contribution < -0.4 is 11.1 Å². The number of carbonyl (C=O) groups excluding carboxylic acids is 1. The number of halogens is 2. The van der Waals surface area contributed by atoms with E-state index in [1.54, 1.807) is 38.1 Å². The number of rotatable bonds is 5. The Labute approximate surface area is 152 Å². The highest BCUT2D eigenvalue weighted by Gasteiger charge is 2.30. The number of nitrogens with one attached hydrogen (secondary N) is 1. The van der Waals surface area contributed by atoms with E-state index >= 15 is 0 Å². The Balaban J connectivity index is 0.00000288. The van der Waals surface area contributed by atoms with Gasteiger partial charge in [-0.1, -0.05) is 29.7 Å². The van der Waals surface area contributed by atoms with Crippen LogP contribution in [-0.4, -0.2) is 22.1 Å². The van der Waals surface area contributed by atoms with Gasteiger partial charge in [0.15, 0.2) is 5.82 Å². The van der Waals surface area contributed by atoms with Crippen molar-refractivity contribution in [3.63, 3.8) is 0 Å². The van der Waals surface area contributed by atoms with Gasteiger partial charge in [0, 0.05) is 16.6 Å². The minimum absolute atomic E-state index is 0. The molecule has 1 aromatic carbocycles. The Kier molecular flexibility index (Phi) is 6.77. The van der Waals surface area contributed by atoms with Gasteiger partial charge in [-0.15, -0.1) is 12.4 Å². The van der Waals surface area contributed by atoms with E-state index in [-0.39, 0.29) is 30.3 Å². The zero-order valence-electron chi connectivity index (χ0n) is 14.0. The van der Waals surface area contributed by atoms with Crippen molar-refractivity contribution in [2.75, 3.05) is 0 Å². The second-order valence-corrected chi connectivity index (χ2v) is 6.63. The topological polar surface area (TPSA) is 94.0 Å². The lowest BCUT2D eigenvalue weighted by Gasteiger charge is -2.22. The summed E-state index contributed by atoms with van der Waals surface area (Å²) in [5.41, 5.74) is 5.52. The number of nitrogens with two attached hydrogens (primary N) is 1. The third-order valence-corrected chi connectivity index (χ3v) is 3.93. The smallest absolute Gasteiger partial charge is 0.252 e. The summed E-state index contributed by atoms with van der Waals surface area (Å²) in [7, 11) is 0. The first-order valence-corrected chi connectivity index (χ1v) is 7.76. The standard InChI is InChI=1S/C16H21ClN4O2.ClH/c1-9(10(2)18)14-19-15(21-23-14)16(3,4)20-13(22)11-6-5-7-12(17)8-11;/h5-10H,18H2,1-4H3,(H,20,22);1H. The lowest BCUT2D eigenvalue weighted by atomic mass is 10.0. The molecule has 0 radical (unpaired) electrons. The molecule has 0 saturated heterocycles. The zero-order chi connectivity index (χ0) is 17.2. The quantitative estimate of drug-likeness (QED) is 0.839. The first-order valence-electron chi connectivity index (χ1n) is 7.38. The Bertz CT molecular complexity index is 701. The van der Waals surface area contributed by atoms with Gasteiger partial charge in [-0.05, 0) is 39.0 Å². The van der Waals surface area contributed by atoms with Crippen molar-refractivity contribution >= 4 is 29.9 Å². The molecule has 1 heterocycles. The molecule has 0 aliphatic carbocycles. The monoisotopic (exact) mass is 372 g/mol. The molecule has 24 heavy (non-hydrogen) atoms. The first-order chi connectivity index (χ1) is 10.7. The first kappa shape index (κ1) is 20.4. The minimum Gasteiger partial charge on any atom is -0.340 e. The van der Waals surface area contributed by atoms with Gasteiger partial charge in [-0.25, -0.2) is 0 Å². The highest BCUT2D eigenvalue weighted by molar-refractivity contribution is 6.30. The van der Waals surface area contributed by atoms with E-state index in [0.717, 1.165) is 0 Å². The van der Waals surface area contributed by atoms with Crippen LogP contribution in [0.15, 0.2) is 28.8 Å². The maximum atomic E-state index is 12.4. The normalized spacial score (nSPS) is 13.8. The number of aromatic nitrogens is 2. The Hall–Kier alpha value is -1.63. The summed E-state index contributed by atoms with van der Waals surface area (Å²) in [5, 5.41) is 7.36. The lowest BCUT2D eigenvalue weighted by molar-refractivity contribution is 0.0907. The van der Waals surface area contributed by atoms with E-state index in [0.29, 0.717) is 22.3 Å². The van der Waals surface area contributed by atoms with Crippen LogP contribution in [0.5, 0.6) is 0 Å². The van der Waals surface area contributed by atoms with E-state index in [1.807, 2.05) is 13.8 Å². The Morgan fingerprint density at radius 2 is 2.04 bits per heavy atom. The fourth-order valence-electron chi connectivity index (χ4n) is 1.94. The summed E-state index contributed by atoms with van der Waals surface area (Å²) in [4.78, 5) is 16.7. The molecule has 0 spiro atoms. The third-order valence-electron chi connectivity index (χ3n) is 3.69. The molecule has 2 unspecified atom stereocenters. The van der Waals surface area contributed by atoms with Gasteiger partial charge in [-0.2, -0.15) is 4.98 Å². The SMILES string of the molecule is CC(N)C(C)c1nc(C(C)(C)NC(=O)c2cccc(Cl)c2)no1.Cl. The van der Waals surface area contributed by atoms with Crippen LogP contribution >= 0.6 is 24.0 Å². The maximum Gasteiger partial charge on any atom is 0.252 e. The average molecular weight is 373 g/mol. The predicted molar refractivity (Wildman–Crippen MR) is 95.6 cm³/mol. The molecule has 0 aliphatic heterocycles. The summed E-state index contributed by atoms with van der Waals surface area (Å²) in [6, 6.07) is 6.63. The van der Waals surface area contributed by atoms with Crippen molar-refractivity contribution in [3.05, 3.63) is 46.6 Å². The number of carbonyl (C=O) groups is 1. The van der Waals surface area contributed by atoms with Gasteiger partial charge in [-0.3, -0.25) is 4.79 Å². The van der Waals surface area contributed by atoms with E-state index in [2.05, 4.69) is 15.5 Å². The van der Waals surface area contributed by atoms with Crippen molar-refractivity contribution < 1.29 is 9.32 Å². The van der Waals surface area contributed by atoms with Crippen LogP contribution in [0.3, 0.4) is 0 Å². The van der Waals surface area contributed by atoms with Crippen molar-refractivity contribution in [2.24, 2.45) is 5.73 Å². The van der Waals surface area contributed by atoms with Crippen LogP contribution in [0.25, 0.3) is 0 Å². The molecule has 0 bridgehead atoms. The van der Waals surface area contributed by atoms with Crippen LogP contribution in [-0.2, 0) is 5.54 Å². The van der Waals surface area contributed by atoms with Gasteiger partial charge in [0.2, 0.25) is 5.89 Å². The van der Waals surface area contributed by atoms with Crippen molar-refractivity contribution in [1.29, 1.82) is 0 Å². The summed E-state index contributed by atoms with van der Waals surface area (Å²) < 4.78 is 5.27. The van der Waals surface area contributed by atoms with Gasteiger partial charge in [0.1, 0.15) is 0 Å². The van der Waals surface area contributed by atoms with E-state index in [9.17, 15) is 4.79 Å². The summed E-state index contributed by atoms with van der Waals surface area (Å²) >= 11 is 5.91. The molecule has 1 aromatic heterocycles. The molecule has 2 rings (SSSR count). The molecule has 2 atom stereocenters. The molecular formula is C16H22Cl2N4O2. The van der Waals surface area contributed by atoms with Gasteiger partial charge in [0.25, 0.3) is 5.91 Å². The maximum absolute atomic E-state index is 12.4. The largest absolute Gasteiger partial charge is 0.340 e. The molecule has 1 amide bonds. The molecule has 2 aromatic rings. The van der Waals surface area contributed by atoms with Crippen molar-refractivity contribution in [2.45, 2.75) is 45.2 Å². The van der Waals surface area contributed by atoms with E-state index in [4.69, 9.17) is 21.9 Å². The highest BCUT2D eigenvalue weighted by atomic mass is 35.5. The Morgan fingerprint density at radius 3 is 2.62 bits per heavy atom. The van der Waals surface area contributed by atoms with Gasteiger partial charge >= 0.3 is 0 Å². The predicted octanol–water partition coefficient (Wildman–Crippen LogP) is 3.26. The average Bonchev–Trinajstić information content (AvgIpc) is 2.96. The van der Waals surface area contributed by atoms with E-state index in [1.165, 1.54) is 0 Å². The van der Waals surface area contributed by atoms with E-state index < -0.39 is 5.54 Å². The second-order valence-electron chi connectivity index (χ2n) is 6.19. The molecule has 3 N–H and O–H groups in total. The lowest BCUT2D eigenvalue weighted by Crippen LogP contribution is -2.42. The number of amides is 1. The minimum atomic E-state index is -0.793. The molecule has 0 saturated carbocycles. The highest BCUT2D eigenvalue weighted by Crippen LogP contribution is 2.22. The zero-order valence-corrected chi connectivity index (χ0v) is 15.6. The molecule has 0 fully saturated rings. The van der Waals surface area contributed by atoms with Crippen LogP contribution in [0.4, 0.5) is 0 Å². The summed E-state index contributed by atoms with van der Waals surface area (Å²) in [5.74, 6) is 0.537. The molecule has 132 valence electrons. The van der Waals surface area contributed by atoms with Gasteiger partial charge < -0.3 is 15.6 Å². The third kappa shape index (κ3) is 4.69. The number of hydrogen-bond donors (Lipinski definition) is 2. The Morgan fingerprint density at radius 1 is 1.38 bits per heavy atom. The fourth-order valence-corrected chi connectivity index (χ4v) is 2.13. The van der Waals surface area contributed by atoms with Gasteiger partial charge in [0.05, 0.1) is 11.5 Å². The molecule has 8 heteroatoms. The number of nitrogens with zero attached hydrogens (tertiary/aromatic N) is 2. The fraction of sp³-hybridized carbons (Fsp3) is 0.438. The van der Waals surface area contributed by atoms with Crippen LogP contribution in [0, 0.1) is 0 Å². The van der Waals surface area contributed by atoms with Crippen LogP contribution in [0.2, 0.25) is 5.02 Å². The van der Waals surface area contributed by atoms with Crippen molar-refractivity contribution in [1.82, 2.24) is 15.5 Å². The van der Waals surface area contributed by atoms with Crippen LogP contribution in [0.1, 0.15) is 55.7 Å². The summed E-state index contributed by atoms with van der Waals surface area (Å²) in [6.45, 7) is 7.40. The molecule has 6 nitrogen and oxygen atoms in total. The van der Waals surface area contributed by atoms with Crippen molar-refractivity contribution in [3.8, 4) is 0 Å². The molecule has 0 aliphatic rings. The number of benzene rings is 1.